The number of rotatable bonds is 7. The molecule has 35 heavy (non-hydrogen) atoms. The molecule has 186 valence electrons. The topological polar surface area (TPSA) is 80.1 Å². The van der Waals surface area contributed by atoms with E-state index in [4.69, 9.17) is 16.3 Å². The number of alkyl halides is 4. The second kappa shape index (κ2) is 9.96. The molecule has 8 nitrogen and oxygen atoms in total. The molecule has 1 amide bonds. The highest BCUT2D eigenvalue weighted by Crippen LogP contribution is 2.36. The summed E-state index contributed by atoms with van der Waals surface area (Å²) in [6.07, 6.45) is -6.13. The molecular weight excluding hydrogens is 557 g/mol. The van der Waals surface area contributed by atoms with Crippen molar-refractivity contribution in [3.63, 3.8) is 0 Å². The first-order chi connectivity index (χ1) is 16.6. The van der Waals surface area contributed by atoms with Crippen molar-refractivity contribution in [2.45, 2.75) is 19.3 Å². The number of benzene rings is 2. The van der Waals surface area contributed by atoms with Gasteiger partial charge in [0.05, 0.1) is 6.54 Å². The number of anilines is 1. The molecule has 1 atom stereocenters. The van der Waals surface area contributed by atoms with Crippen LogP contribution in [0.25, 0.3) is 0 Å². The Morgan fingerprint density at radius 1 is 1.17 bits per heavy atom. The van der Waals surface area contributed by atoms with Crippen molar-refractivity contribution in [1.82, 2.24) is 14.5 Å². The van der Waals surface area contributed by atoms with Gasteiger partial charge in [0.15, 0.2) is 11.5 Å². The van der Waals surface area contributed by atoms with Gasteiger partial charge in [0.1, 0.15) is 11.5 Å². The number of hydrogen-bond acceptors (Lipinski definition) is 6. The SMILES string of the molecule is CN1C(=O)c2c(nc(Oc3cccc(OC(F)(F)F)c3)n2Cc2ccc(Cl)cc2)N(CCBr)C1O. The van der Waals surface area contributed by atoms with E-state index in [1.807, 2.05) is 0 Å². The lowest BCUT2D eigenvalue weighted by atomic mass is 10.2. The molecule has 0 fully saturated rings. The predicted molar refractivity (Wildman–Crippen MR) is 125 cm³/mol. The van der Waals surface area contributed by atoms with E-state index >= 15 is 0 Å². The summed E-state index contributed by atoms with van der Waals surface area (Å²) in [7, 11) is 1.45. The number of ether oxygens (including phenoxy) is 2. The summed E-state index contributed by atoms with van der Waals surface area (Å²) in [5.41, 5.74) is 0.925. The van der Waals surface area contributed by atoms with E-state index in [1.165, 1.54) is 28.6 Å². The van der Waals surface area contributed by atoms with Gasteiger partial charge in [-0.05, 0) is 29.8 Å². The van der Waals surface area contributed by atoms with Crippen molar-refractivity contribution in [2.24, 2.45) is 0 Å². The molecule has 4 rings (SSSR count). The smallest absolute Gasteiger partial charge is 0.425 e. The first-order valence-electron chi connectivity index (χ1n) is 10.2. The minimum Gasteiger partial charge on any atom is -0.425 e. The Kier molecular flexibility index (Phi) is 7.15. The fraction of sp³-hybridized carbons (Fsp3) is 0.273. The van der Waals surface area contributed by atoms with Gasteiger partial charge in [-0.3, -0.25) is 14.3 Å². The van der Waals surface area contributed by atoms with Crippen LogP contribution in [-0.4, -0.2) is 57.1 Å². The van der Waals surface area contributed by atoms with Gasteiger partial charge in [-0.25, -0.2) is 0 Å². The summed E-state index contributed by atoms with van der Waals surface area (Å²) in [5, 5.41) is 11.6. The lowest BCUT2D eigenvalue weighted by Crippen LogP contribution is -2.54. The first-order valence-corrected chi connectivity index (χ1v) is 11.7. The van der Waals surface area contributed by atoms with Gasteiger partial charge < -0.3 is 19.5 Å². The molecule has 1 aromatic heterocycles. The predicted octanol–water partition coefficient (Wildman–Crippen LogP) is 4.84. The number of fused-ring (bicyclic) bond motifs is 1. The number of imidazole rings is 1. The average Bonchev–Trinajstić information content (AvgIpc) is 3.13. The van der Waals surface area contributed by atoms with E-state index in [-0.39, 0.29) is 29.8 Å². The molecule has 0 saturated heterocycles. The Bertz CT molecular complexity index is 1220. The highest BCUT2D eigenvalue weighted by atomic mass is 79.9. The summed E-state index contributed by atoms with van der Waals surface area (Å²) in [6, 6.07) is 11.8. The molecule has 0 aliphatic carbocycles. The Hall–Kier alpha value is -2.96. The van der Waals surface area contributed by atoms with Crippen LogP contribution in [0.3, 0.4) is 0 Å². The van der Waals surface area contributed by atoms with Crippen molar-refractivity contribution >= 4 is 39.3 Å². The molecule has 0 radical (unpaired) electrons. The van der Waals surface area contributed by atoms with Gasteiger partial charge >= 0.3 is 12.4 Å². The van der Waals surface area contributed by atoms with Crippen LogP contribution in [0.4, 0.5) is 19.0 Å². The number of aliphatic hydroxyl groups excluding tert-OH is 1. The van der Waals surface area contributed by atoms with E-state index in [0.29, 0.717) is 16.9 Å². The maximum absolute atomic E-state index is 13.2. The molecule has 0 spiro atoms. The number of carbonyl (C=O) groups is 1. The summed E-state index contributed by atoms with van der Waals surface area (Å²) in [6.45, 7) is 0.462. The van der Waals surface area contributed by atoms with Gasteiger partial charge in [0, 0.05) is 30.0 Å². The monoisotopic (exact) mass is 574 g/mol. The third kappa shape index (κ3) is 5.49. The van der Waals surface area contributed by atoms with Crippen LogP contribution in [0.2, 0.25) is 5.02 Å². The van der Waals surface area contributed by atoms with Crippen molar-refractivity contribution in [3.8, 4) is 17.5 Å². The second-order valence-electron chi connectivity index (χ2n) is 7.55. The Morgan fingerprint density at radius 3 is 2.51 bits per heavy atom. The molecule has 1 aliphatic rings. The van der Waals surface area contributed by atoms with Crippen LogP contribution in [0.15, 0.2) is 48.5 Å². The van der Waals surface area contributed by atoms with Crippen molar-refractivity contribution < 1.29 is 32.5 Å². The summed E-state index contributed by atoms with van der Waals surface area (Å²) in [5.74, 6) is -0.766. The molecule has 2 heterocycles. The quantitative estimate of drug-likeness (QED) is 0.406. The first kappa shape index (κ1) is 25.1. The van der Waals surface area contributed by atoms with Crippen LogP contribution in [-0.2, 0) is 6.54 Å². The maximum atomic E-state index is 13.2. The number of aliphatic hydroxyl groups is 1. The highest BCUT2D eigenvalue weighted by Gasteiger charge is 2.40. The highest BCUT2D eigenvalue weighted by molar-refractivity contribution is 9.09. The van der Waals surface area contributed by atoms with Crippen LogP contribution in [0, 0.1) is 0 Å². The Morgan fingerprint density at radius 2 is 1.86 bits per heavy atom. The molecule has 13 heteroatoms. The van der Waals surface area contributed by atoms with Gasteiger partial charge in [-0.2, -0.15) is 4.98 Å². The number of carbonyl (C=O) groups excluding carboxylic acids is 1. The standard InChI is InChI=1S/C22H19BrClF3N4O4/c1-29-19(32)17-18(30(10-9-23)21(29)33)28-20(31(17)12-13-5-7-14(24)8-6-13)34-15-3-2-4-16(11-15)35-22(25,26)27/h2-8,11,21,33H,9-10,12H2,1H3. The van der Waals surface area contributed by atoms with Crippen molar-refractivity contribution in [3.05, 3.63) is 64.8 Å². The van der Waals surface area contributed by atoms with E-state index in [9.17, 15) is 23.1 Å². The fourth-order valence-electron chi connectivity index (χ4n) is 3.57. The van der Waals surface area contributed by atoms with Crippen molar-refractivity contribution in [2.75, 3.05) is 23.8 Å². The lowest BCUT2D eigenvalue weighted by molar-refractivity contribution is -0.274. The molecule has 3 aromatic rings. The summed E-state index contributed by atoms with van der Waals surface area (Å²) < 4.78 is 49.3. The minimum atomic E-state index is -4.87. The van der Waals surface area contributed by atoms with E-state index in [0.717, 1.165) is 22.6 Å². The zero-order valence-electron chi connectivity index (χ0n) is 18.2. The molecule has 0 bridgehead atoms. The molecule has 1 unspecified atom stereocenters. The molecule has 0 saturated carbocycles. The molecular formula is C22H19BrClF3N4O4. The van der Waals surface area contributed by atoms with Crippen LogP contribution < -0.4 is 14.4 Å². The zero-order chi connectivity index (χ0) is 25.3. The molecule has 1 aliphatic heterocycles. The zero-order valence-corrected chi connectivity index (χ0v) is 20.5. The van der Waals surface area contributed by atoms with Gasteiger partial charge in [-0.15, -0.1) is 13.2 Å². The van der Waals surface area contributed by atoms with Gasteiger partial charge in [0.25, 0.3) is 5.91 Å². The van der Waals surface area contributed by atoms with E-state index in [2.05, 4.69) is 25.7 Å². The molecule has 1 N–H and O–H groups in total. The third-order valence-corrected chi connectivity index (χ3v) is 5.77. The largest absolute Gasteiger partial charge is 0.573 e. The number of nitrogens with zero attached hydrogens (tertiary/aromatic N) is 4. The van der Waals surface area contributed by atoms with Crippen LogP contribution in [0.5, 0.6) is 17.5 Å². The number of aromatic nitrogens is 2. The van der Waals surface area contributed by atoms with Gasteiger partial charge in [-0.1, -0.05) is 45.7 Å². The minimum absolute atomic E-state index is 0.0137. The van der Waals surface area contributed by atoms with E-state index in [1.54, 1.807) is 24.3 Å². The Labute approximate surface area is 211 Å². The number of amides is 1. The average molecular weight is 576 g/mol. The van der Waals surface area contributed by atoms with Crippen LogP contribution >= 0.6 is 27.5 Å². The maximum Gasteiger partial charge on any atom is 0.573 e. The lowest BCUT2D eigenvalue weighted by Gasteiger charge is -2.38. The number of halogens is 5. The third-order valence-electron chi connectivity index (χ3n) is 5.16. The molecule has 2 aromatic carbocycles. The Balaban J connectivity index is 1.79. The normalized spacial score (nSPS) is 15.9. The van der Waals surface area contributed by atoms with E-state index < -0.39 is 24.4 Å². The summed E-state index contributed by atoms with van der Waals surface area (Å²) in [4.78, 5) is 20.3. The van der Waals surface area contributed by atoms with Crippen LogP contribution in [0.1, 0.15) is 16.1 Å². The fourth-order valence-corrected chi connectivity index (χ4v) is 4.08. The summed E-state index contributed by atoms with van der Waals surface area (Å²) >= 11 is 9.32. The second-order valence-corrected chi connectivity index (χ2v) is 8.78. The van der Waals surface area contributed by atoms with Gasteiger partial charge in [0.2, 0.25) is 6.35 Å². The number of hydrogen-bond donors (Lipinski definition) is 1. The van der Waals surface area contributed by atoms with Crippen molar-refractivity contribution in [1.29, 1.82) is 0 Å².